The number of Topliss-reactive ketones (excluding diaryl/α,β-unsaturated/α-hetero) is 1. The number of allylic oxidation sites excluding steroid dienone is 1. The Labute approximate surface area is 866 Å². The summed E-state index contributed by atoms with van der Waals surface area (Å²) < 4.78 is 195. The van der Waals surface area contributed by atoms with Crippen molar-refractivity contribution in [2.24, 2.45) is 17.8 Å². The van der Waals surface area contributed by atoms with Crippen molar-refractivity contribution < 1.29 is 166 Å². The maximum Gasteiger partial charge on any atom is 1.00 e. The topological polar surface area (TPSA) is 453 Å². The smallest absolute Gasteiger partial charge is 0.492 e. The number of benzene rings is 7. The van der Waals surface area contributed by atoms with Crippen molar-refractivity contribution in [2.75, 3.05) is 64.0 Å². The number of cyclic esters (lactones) is 4. The Morgan fingerprint density at radius 3 is 0.979 bits per heavy atom. The normalized spacial score (nSPS) is 18.4. The molecular formula is C103H116ClNNaO30S7+. The molecule has 1 atom stereocenters. The third kappa shape index (κ3) is 29.9. The van der Waals surface area contributed by atoms with Gasteiger partial charge in [-0.3, -0.25) is 4.79 Å². The first kappa shape index (κ1) is 114. The molecule has 31 nitrogen and oxygen atoms in total. The number of thiazole rings is 1. The molecule has 0 radical (unpaired) electrons. The van der Waals surface area contributed by atoms with Crippen LogP contribution in [0.5, 0.6) is 0 Å². The van der Waals surface area contributed by atoms with Gasteiger partial charge in [0.25, 0.3) is 0 Å². The number of sulfone groups is 6. The molecule has 5 aliphatic heterocycles. The summed E-state index contributed by atoms with van der Waals surface area (Å²) in [6, 6.07) is 43.9. The summed E-state index contributed by atoms with van der Waals surface area (Å²) in [6.07, 6.45) is 16.2. The monoisotopic (exact) mass is 2130 g/mol. The molecule has 0 bridgehead atoms. The number of carboxylic acids is 1. The SMILES string of the molecule is CC(=O)/C(=C(\C(=O)O)c1ccc(Cl)cc1)c1ccc(S(C)(=O)=O)cc1.CC1(C)OC(=O)C(OCC2CC2)=C1c1ccc(S(C)(=O)=O)cc1.CC1(C)OC(=O)C(OCCC2CC2)=C1c1ccc(S(C)(=O)=O)cc1.CC1(C)OC(=O)C(OCc2nccs2)=C1c1ccc(S(C)(=O)=O)cc1.CC1(C)OC(O)C(OCC2CC2)=C1c1ccc(S(C)(=O)=O)cc1.CCCOC1=C(c2ccc(S(C)(=O)=O)cc2)C(C)(C)OC1=O.[Na+]. The molecule has 0 amide bonds. The number of ketones is 1. The summed E-state index contributed by atoms with van der Waals surface area (Å²) in [5.74, 6) is -0.588. The molecule has 0 saturated heterocycles. The van der Waals surface area contributed by atoms with E-state index in [1.54, 1.807) is 133 Å². The van der Waals surface area contributed by atoms with Crippen molar-refractivity contribution in [2.45, 2.75) is 205 Å². The minimum atomic E-state index is -3.39. The zero-order chi connectivity index (χ0) is 105. The van der Waals surface area contributed by atoms with Gasteiger partial charge in [-0.1, -0.05) is 116 Å². The first-order valence-corrected chi connectivity index (χ1v) is 57.7. The van der Waals surface area contributed by atoms with Gasteiger partial charge in [0, 0.05) is 65.3 Å². The number of carboxylic acid groups (broad SMARTS) is 1. The van der Waals surface area contributed by atoms with Crippen LogP contribution in [0.2, 0.25) is 5.02 Å². The average Bonchev–Trinajstić information content (AvgIpc) is 1.64. The van der Waals surface area contributed by atoms with E-state index in [2.05, 4.69) is 4.98 Å². The molecule has 3 aliphatic carbocycles. The standard InChI is InChI=1S/C18H15ClO5S.C18H22O5S.C17H17NO5S2.C17H22O5S.C17H20O5S.C16H20O5S.Na/c1-11(20)16(12-5-9-15(10-6-12)25(2,23)24)17(18(21)22)13-3-7-14(19)8-4-13;1-18(2)15(13-6-8-14(9-7-13)24(3,20)21)16(17(19)23-18)22-11-10-12-4-5-12;1-17(2)14(11-4-6-12(7-5-11)25(3,20)21)15(16(19)23-17)22-10-13-18-8-9-24-13;2*1-17(2)14(12-6-8-13(9-7-12)23(3,19)20)15(16(18)22-17)21-10-11-4-5-11;1-5-10-20-14-13(16(2,3)21-15(14)17)11-6-8-12(9-7-11)22(4,18)19;/h3-10H,1-2H3,(H,21,22);6-9,12H,4-5,10-11H2,1-3H3;4-9H,10H2,1-3H3;6-9,11,16,18H,4-5,10H2,1-3H3;6-9,11H,4-5,10H2,1-3H3;6-9H,5,10H2,1-4H3;/q;;;;;;+1/b17-16+;;;;;;. The number of aliphatic carboxylic acids is 1. The number of hydrogen-bond acceptors (Lipinski definition) is 31. The van der Waals surface area contributed by atoms with Gasteiger partial charge < -0.3 is 57.6 Å². The number of ether oxygens (including phenoxy) is 10. The average molecular weight is 2130 g/mol. The fraction of sp³-hybridized carbons (Fsp3) is 0.388. The predicted molar refractivity (Wildman–Crippen MR) is 534 cm³/mol. The Kier molecular flexibility index (Phi) is 36.6. The summed E-state index contributed by atoms with van der Waals surface area (Å²) in [5, 5.41) is 22.8. The first-order valence-electron chi connectivity index (χ1n) is 45.1. The molecular weight excluding hydrogens is 2010 g/mol. The maximum absolute atomic E-state index is 12.2. The van der Waals surface area contributed by atoms with E-state index in [1.807, 2.05) is 40.0 Å². The van der Waals surface area contributed by atoms with E-state index in [4.69, 9.17) is 59.0 Å². The van der Waals surface area contributed by atoms with Crippen molar-refractivity contribution in [1.82, 2.24) is 4.98 Å². The fourth-order valence-electron chi connectivity index (χ4n) is 15.8. The first-order chi connectivity index (χ1) is 66.0. The minimum absolute atomic E-state index is 0. The van der Waals surface area contributed by atoms with Crippen molar-refractivity contribution in [3.8, 4) is 0 Å². The van der Waals surface area contributed by atoms with Crippen LogP contribution in [0, 0.1) is 17.8 Å². The quantitative estimate of drug-likeness (QED) is 0.0134. The Balaban J connectivity index is 0.000000176. The number of halogens is 1. The molecule has 16 rings (SSSR count). The molecule has 7 aromatic carbocycles. The van der Waals surface area contributed by atoms with Crippen molar-refractivity contribution in [3.05, 3.63) is 259 Å². The van der Waals surface area contributed by atoms with Crippen molar-refractivity contribution in [1.29, 1.82) is 0 Å². The van der Waals surface area contributed by atoms with Crippen LogP contribution >= 0.6 is 22.9 Å². The number of carbonyl (C=O) groups excluding carboxylic acids is 5. The Morgan fingerprint density at radius 2 is 0.685 bits per heavy atom. The van der Waals surface area contributed by atoms with Crippen LogP contribution in [0.25, 0.3) is 39.0 Å². The van der Waals surface area contributed by atoms with Crippen LogP contribution in [0.1, 0.15) is 178 Å². The molecule has 2 N–H and O–H groups in total. The van der Waals surface area contributed by atoms with Gasteiger partial charge in [0.05, 0.1) is 89.3 Å². The number of aromatic nitrogens is 1. The van der Waals surface area contributed by atoms with E-state index in [0.29, 0.717) is 99.5 Å². The van der Waals surface area contributed by atoms with Crippen LogP contribution in [-0.2, 0) is 142 Å². The second-order valence-corrected chi connectivity index (χ2v) is 51.2. The van der Waals surface area contributed by atoms with Crippen LogP contribution < -0.4 is 29.6 Å². The molecule has 8 aliphatic rings. The number of rotatable bonds is 31. The van der Waals surface area contributed by atoms with E-state index in [-0.39, 0.29) is 99.7 Å². The van der Waals surface area contributed by atoms with Crippen LogP contribution in [0.3, 0.4) is 0 Å². The summed E-state index contributed by atoms with van der Waals surface area (Å²) >= 11 is 7.26. The summed E-state index contributed by atoms with van der Waals surface area (Å²) in [5.41, 5.74) is 3.49. The molecule has 0 spiro atoms. The Morgan fingerprint density at radius 1 is 0.399 bits per heavy atom. The zero-order valence-corrected chi connectivity index (χ0v) is 91.3. The van der Waals surface area contributed by atoms with Crippen LogP contribution in [0.4, 0.5) is 0 Å². The van der Waals surface area contributed by atoms with E-state index in [9.17, 15) is 89.5 Å². The van der Waals surface area contributed by atoms with Gasteiger partial charge in [-0.2, -0.15) is 0 Å². The summed E-state index contributed by atoms with van der Waals surface area (Å²) in [7, 11) is -19.7. The Bertz CT molecular complexity index is 7080. The second-order valence-electron chi connectivity index (χ2n) is 37.7. The van der Waals surface area contributed by atoms with Gasteiger partial charge in [0.15, 0.2) is 70.6 Å². The molecule has 6 heterocycles. The molecule has 40 heteroatoms. The van der Waals surface area contributed by atoms with Gasteiger partial charge in [-0.15, -0.1) is 11.3 Å². The maximum atomic E-state index is 12.2. The molecule has 3 saturated carbocycles. The van der Waals surface area contributed by atoms with Crippen molar-refractivity contribution in [3.63, 3.8) is 0 Å². The van der Waals surface area contributed by atoms with E-state index < -0.39 is 129 Å². The third-order valence-corrected chi connectivity index (χ3v) is 31.2. The van der Waals surface area contributed by atoms with E-state index in [1.165, 1.54) is 129 Å². The Hall–Kier alpha value is -10.5. The predicted octanol–water partition coefficient (Wildman–Crippen LogP) is 13.6. The van der Waals surface area contributed by atoms with Gasteiger partial charge in [0.2, 0.25) is 29.3 Å². The number of esters is 4. The molecule has 1 aromatic heterocycles. The van der Waals surface area contributed by atoms with Gasteiger partial charge in [-0.25, -0.2) is 79.5 Å². The van der Waals surface area contributed by atoms with Gasteiger partial charge in [0.1, 0.15) is 34.0 Å². The zero-order valence-electron chi connectivity index (χ0n) is 82.8. The molecule has 143 heavy (non-hydrogen) atoms. The van der Waals surface area contributed by atoms with Crippen molar-refractivity contribution >= 4 is 157 Å². The molecule has 762 valence electrons. The molecule has 3 fully saturated rings. The van der Waals surface area contributed by atoms with Gasteiger partial charge >= 0.3 is 59.4 Å². The second kappa shape index (κ2) is 45.7. The minimum Gasteiger partial charge on any atom is -0.492 e. The van der Waals surface area contributed by atoms with E-state index >= 15 is 0 Å². The number of carbonyl (C=O) groups is 6. The van der Waals surface area contributed by atoms with Gasteiger partial charge in [-0.05, 0) is 256 Å². The summed E-state index contributed by atoms with van der Waals surface area (Å²) in [4.78, 5) is 77.9. The van der Waals surface area contributed by atoms with Crippen LogP contribution in [0.15, 0.2) is 240 Å². The van der Waals surface area contributed by atoms with E-state index in [0.717, 1.165) is 90.8 Å². The number of aliphatic hydroxyl groups excluding tert-OH is 1. The number of aliphatic hydroxyl groups is 1. The van der Waals surface area contributed by atoms with Crippen LogP contribution in [-0.4, -0.2) is 200 Å². The fourth-order valence-corrected chi connectivity index (χ4v) is 20.2. The largest absolute Gasteiger partial charge is 1.00 e. The molecule has 1 unspecified atom stereocenters. The number of nitrogens with zero attached hydrogens (tertiary/aromatic N) is 1. The molecule has 8 aromatic rings. The summed E-state index contributed by atoms with van der Waals surface area (Å²) in [6.45, 7) is 23.5. The number of hydrogen-bond donors (Lipinski definition) is 2. The third-order valence-electron chi connectivity index (χ3n) is 23.4.